The highest BCUT2D eigenvalue weighted by atomic mass is 79.9. The molecule has 1 aromatic rings. The van der Waals surface area contributed by atoms with Crippen LogP contribution in [0, 0.1) is 0 Å². The second-order valence-electron chi connectivity index (χ2n) is 3.14. The van der Waals surface area contributed by atoms with Crippen LogP contribution in [0.25, 0.3) is 0 Å². The fourth-order valence-electron chi connectivity index (χ4n) is 1.18. The van der Waals surface area contributed by atoms with Gasteiger partial charge in [-0.1, -0.05) is 33.6 Å². The Morgan fingerprint density at radius 2 is 2.31 bits per heavy atom. The molecule has 0 heterocycles. The largest absolute Gasteiger partial charge is 0.465 e. The van der Waals surface area contributed by atoms with Crippen molar-refractivity contribution in [2.24, 2.45) is 0 Å². The molecule has 0 aliphatic heterocycles. The van der Waals surface area contributed by atoms with Gasteiger partial charge in [0.1, 0.15) is 0 Å². The first kappa shape index (κ1) is 13.5. The SMILES string of the molecule is CCOC(=O)CNCc1ccc(Cl)cc1Br. The van der Waals surface area contributed by atoms with Crippen LogP contribution >= 0.6 is 27.5 Å². The van der Waals surface area contributed by atoms with Crippen LogP contribution in [-0.4, -0.2) is 19.1 Å². The summed E-state index contributed by atoms with van der Waals surface area (Å²) in [6.07, 6.45) is 0. The lowest BCUT2D eigenvalue weighted by molar-refractivity contribution is -0.142. The minimum atomic E-state index is -0.243. The first-order valence-corrected chi connectivity index (χ1v) is 6.11. The molecule has 0 aromatic heterocycles. The van der Waals surface area contributed by atoms with Gasteiger partial charge in [0.2, 0.25) is 0 Å². The quantitative estimate of drug-likeness (QED) is 0.850. The molecule has 0 amide bonds. The van der Waals surface area contributed by atoms with Gasteiger partial charge >= 0.3 is 5.97 Å². The third-order valence-corrected chi connectivity index (χ3v) is 2.88. The van der Waals surface area contributed by atoms with E-state index in [0.717, 1.165) is 10.0 Å². The van der Waals surface area contributed by atoms with Crippen molar-refractivity contribution in [1.82, 2.24) is 5.32 Å². The normalized spacial score (nSPS) is 10.2. The number of esters is 1. The van der Waals surface area contributed by atoms with Gasteiger partial charge in [0.15, 0.2) is 0 Å². The number of rotatable bonds is 5. The topological polar surface area (TPSA) is 38.3 Å². The number of carbonyl (C=O) groups excluding carboxylic acids is 1. The second-order valence-corrected chi connectivity index (χ2v) is 4.44. The van der Waals surface area contributed by atoms with Crippen LogP contribution in [0.2, 0.25) is 5.02 Å². The van der Waals surface area contributed by atoms with Crippen LogP contribution in [0.3, 0.4) is 0 Å². The molecule has 0 unspecified atom stereocenters. The molecule has 0 fully saturated rings. The van der Waals surface area contributed by atoms with Gasteiger partial charge in [0.25, 0.3) is 0 Å². The van der Waals surface area contributed by atoms with E-state index in [-0.39, 0.29) is 12.5 Å². The molecule has 0 radical (unpaired) electrons. The predicted octanol–water partition coefficient (Wildman–Crippen LogP) is 2.76. The molecule has 1 N–H and O–H groups in total. The summed E-state index contributed by atoms with van der Waals surface area (Å²) < 4.78 is 5.72. The maximum Gasteiger partial charge on any atom is 0.319 e. The standard InChI is InChI=1S/C11H13BrClNO2/c1-2-16-11(15)7-14-6-8-3-4-9(13)5-10(8)12/h3-5,14H,2,6-7H2,1H3. The number of carbonyl (C=O) groups is 1. The molecule has 0 aliphatic carbocycles. The van der Waals surface area contributed by atoms with Crippen LogP contribution in [0.1, 0.15) is 12.5 Å². The molecule has 0 spiro atoms. The summed E-state index contributed by atoms with van der Waals surface area (Å²) in [7, 11) is 0. The number of benzene rings is 1. The van der Waals surface area contributed by atoms with E-state index in [1.54, 1.807) is 6.92 Å². The van der Waals surface area contributed by atoms with Crippen molar-refractivity contribution in [2.75, 3.05) is 13.2 Å². The summed E-state index contributed by atoms with van der Waals surface area (Å²) >= 11 is 9.22. The molecule has 1 aromatic carbocycles. The Morgan fingerprint density at radius 1 is 1.56 bits per heavy atom. The highest BCUT2D eigenvalue weighted by Gasteiger charge is 2.03. The molecule has 16 heavy (non-hydrogen) atoms. The molecular formula is C11H13BrClNO2. The Kier molecular flexibility index (Phi) is 5.80. The number of hydrogen-bond donors (Lipinski definition) is 1. The Morgan fingerprint density at radius 3 is 2.94 bits per heavy atom. The zero-order chi connectivity index (χ0) is 12.0. The van der Waals surface area contributed by atoms with Gasteiger partial charge in [0.05, 0.1) is 13.2 Å². The van der Waals surface area contributed by atoms with E-state index in [1.165, 1.54) is 0 Å². The van der Waals surface area contributed by atoms with Gasteiger partial charge in [-0.3, -0.25) is 4.79 Å². The summed E-state index contributed by atoms with van der Waals surface area (Å²) in [5.41, 5.74) is 1.05. The van der Waals surface area contributed by atoms with Gasteiger partial charge in [0, 0.05) is 16.0 Å². The number of halogens is 2. The van der Waals surface area contributed by atoms with Gasteiger partial charge in [-0.05, 0) is 24.6 Å². The fraction of sp³-hybridized carbons (Fsp3) is 0.364. The van der Waals surface area contributed by atoms with E-state index in [1.807, 2.05) is 18.2 Å². The van der Waals surface area contributed by atoms with E-state index in [4.69, 9.17) is 16.3 Å². The van der Waals surface area contributed by atoms with E-state index in [9.17, 15) is 4.79 Å². The smallest absolute Gasteiger partial charge is 0.319 e. The lowest BCUT2D eigenvalue weighted by Crippen LogP contribution is -2.24. The monoisotopic (exact) mass is 305 g/mol. The molecule has 3 nitrogen and oxygen atoms in total. The molecule has 1 rings (SSSR count). The summed E-state index contributed by atoms with van der Waals surface area (Å²) in [5, 5.41) is 3.68. The molecule has 0 bridgehead atoms. The summed E-state index contributed by atoms with van der Waals surface area (Å²) in [5.74, 6) is -0.243. The van der Waals surface area contributed by atoms with E-state index < -0.39 is 0 Å². The average molecular weight is 307 g/mol. The molecule has 88 valence electrons. The Bertz CT molecular complexity index is 371. The lowest BCUT2D eigenvalue weighted by Gasteiger charge is -2.06. The van der Waals surface area contributed by atoms with E-state index >= 15 is 0 Å². The summed E-state index contributed by atoms with van der Waals surface area (Å²) in [4.78, 5) is 11.1. The van der Waals surface area contributed by atoms with Crippen molar-refractivity contribution in [3.8, 4) is 0 Å². The highest BCUT2D eigenvalue weighted by Crippen LogP contribution is 2.21. The predicted molar refractivity (Wildman–Crippen MR) is 67.5 cm³/mol. The van der Waals surface area contributed by atoms with Crippen molar-refractivity contribution in [2.45, 2.75) is 13.5 Å². The van der Waals surface area contributed by atoms with Crippen molar-refractivity contribution >= 4 is 33.5 Å². The molecule has 0 saturated heterocycles. The second kappa shape index (κ2) is 6.89. The molecule has 0 saturated carbocycles. The summed E-state index contributed by atoms with van der Waals surface area (Å²) in [6, 6.07) is 5.54. The van der Waals surface area contributed by atoms with Crippen molar-refractivity contribution < 1.29 is 9.53 Å². The third kappa shape index (κ3) is 4.51. The van der Waals surface area contributed by atoms with Gasteiger partial charge in [-0.25, -0.2) is 0 Å². The Labute approximate surface area is 108 Å². The van der Waals surface area contributed by atoms with Crippen molar-refractivity contribution in [3.63, 3.8) is 0 Å². The first-order chi connectivity index (χ1) is 7.63. The summed E-state index contributed by atoms with van der Waals surface area (Å²) in [6.45, 7) is 3.00. The lowest BCUT2D eigenvalue weighted by atomic mass is 10.2. The van der Waals surface area contributed by atoms with Crippen LogP contribution < -0.4 is 5.32 Å². The van der Waals surface area contributed by atoms with Gasteiger partial charge < -0.3 is 10.1 Å². The van der Waals surface area contributed by atoms with Crippen molar-refractivity contribution in [1.29, 1.82) is 0 Å². The number of hydrogen-bond acceptors (Lipinski definition) is 3. The average Bonchev–Trinajstić information content (AvgIpc) is 2.22. The fourth-order valence-corrected chi connectivity index (χ4v) is 2.00. The van der Waals surface area contributed by atoms with Crippen LogP contribution in [-0.2, 0) is 16.1 Å². The minimum absolute atomic E-state index is 0.211. The number of nitrogens with one attached hydrogen (secondary N) is 1. The maximum atomic E-state index is 11.1. The zero-order valence-corrected chi connectivity index (χ0v) is 11.3. The molecule has 0 aliphatic rings. The Balaban J connectivity index is 2.40. The maximum absolute atomic E-state index is 11.1. The van der Waals surface area contributed by atoms with Crippen LogP contribution in [0.4, 0.5) is 0 Å². The number of ether oxygens (including phenoxy) is 1. The third-order valence-electron chi connectivity index (χ3n) is 1.91. The van der Waals surface area contributed by atoms with Crippen LogP contribution in [0.15, 0.2) is 22.7 Å². The zero-order valence-electron chi connectivity index (χ0n) is 8.93. The van der Waals surface area contributed by atoms with E-state index in [0.29, 0.717) is 18.2 Å². The van der Waals surface area contributed by atoms with Gasteiger partial charge in [-0.15, -0.1) is 0 Å². The van der Waals surface area contributed by atoms with Gasteiger partial charge in [-0.2, -0.15) is 0 Å². The Hall–Kier alpha value is -0.580. The van der Waals surface area contributed by atoms with E-state index in [2.05, 4.69) is 21.2 Å². The highest BCUT2D eigenvalue weighted by molar-refractivity contribution is 9.10. The minimum Gasteiger partial charge on any atom is -0.465 e. The molecule has 0 atom stereocenters. The first-order valence-electron chi connectivity index (χ1n) is 4.93. The van der Waals surface area contributed by atoms with Crippen LogP contribution in [0.5, 0.6) is 0 Å². The van der Waals surface area contributed by atoms with Crippen molar-refractivity contribution in [3.05, 3.63) is 33.3 Å². The molecular weight excluding hydrogens is 293 g/mol. The molecule has 5 heteroatoms.